The molecular weight excluding hydrogens is 396 g/mol. The molecule has 0 unspecified atom stereocenters. The number of nitrogens with zero attached hydrogens (tertiary/aromatic N) is 1. The number of amides is 1. The van der Waals surface area contributed by atoms with Crippen molar-refractivity contribution in [2.24, 2.45) is 7.05 Å². The number of aliphatic hydroxyl groups is 1. The van der Waals surface area contributed by atoms with E-state index in [1.807, 2.05) is 0 Å². The van der Waals surface area contributed by atoms with Gasteiger partial charge in [0.1, 0.15) is 11.5 Å². The Bertz CT molecular complexity index is 1040. The van der Waals surface area contributed by atoms with Crippen LogP contribution in [-0.4, -0.2) is 42.2 Å². The second-order valence-corrected chi connectivity index (χ2v) is 8.69. The number of halogens is 2. The predicted molar refractivity (Wildman–Crippen MR) is 95.6 cm³/mol. The Hall–Kier alpha value is -2.50. The van der Waals surface area contributed by atoms with Crippen molar-refractivity contribution < 1.29 is 31.8 Å². The first kappa shape index (κ1) is 20.2. The van der Waals surface area contributed by atoms with Gasteiger partial charge in [-0.15, -0.1) is 0 Å². The maximum Gasteiger partial charge on any atom is 0.276 e. The van der Waals surface area contributed by atoms with Crippen LogP contribution in [0.25, 0.3) is 0 Å². The monoisotopic (exact) mass is 415 g/mol. The van der Waals surface area contributed by atoms with Crippen molar-refractivity contribution in [1.29, 1.82) is 0 Å². The van der Waals surface area contributed by atoms with Gasteiger partial charge in [-0.25, -0.2) is 21.9 Å². The fraction of sp³-hybridized carbons (Fsp3) is 0.353. The molecule has 0 saturated carbocycles. The zero-order valence-corrected chi connectivity index (χ0v) is 16.1. The second-order valence-electron chi connectivity index (χ2n) is 7.00. The van der Waals surface area contributed by atoms with Crippen molar-refractivity contribution in [3.05, 3.63) is 41.7 Å². The van der Waals surface area contributed by atoms with Crippen LogP contribution < -0.4 is 14.8 Å². The fourth-order valence-corrected chi connectivity index (χ4v) is 4.29. The van der Waals surface area contributed by atoms with Gasteiger partial charge in [0.15, 0.2) is 23.1 Å². The van der Waals surface area contributed by atoms with Gasteiger partial charge in [-0.2, -0.15) is 0 Å². The quantitative estimate of drug-likeness (QED) is 0.702. The summed E-state index contributed by atoms with van der Waals surface area (Å²) in [5.74, 6) is -3.17. The molecule has 28 heavy (non-hydrogen) atoms. The number of carbonyl (C=O) groups excluding carboxylic acids is 1. The predicted octanol–water partition coefficient (Wildman–Crippen LogP) is 1.37. The lowest BCUT2D eigenvalue weighted by molar-refractivity contribution is 0.0288. The molecule has 11 heteroatoms. The van der Waals surface area contributed by atoms with Crippen molar-refractivity contribution in [2.45, 2.75) is 30.4 Å². The number of aryl methyl sites for hydroxylation is 1. The number of fused-ring (bicyclic) bond motifs is 1. The summed E-state index contributed by atoms with van der Waals surface area (Å²) < 4.78 is 60.9. The van der Waals surface area contributed by atoms with E-state index in [1.54, 1.807) is 0 Å². The summed E-state index contributed by atoms with van der Waals surface area (Å²) in [4.78, 5) is 12.4. The summed E-state index contributed by atoms with van der Waals surface area (Å²) in [6, 6.07) is 1.88. The van der Waals surface area contributed by atoms with Gasteiger partial charge in [-0.3, -0.25) is 4.79 Å². The largest absolute Gasteiger partial charge is 0.488 e. The summed E-state index contributed by atoms with van der Waals surface area (Å²) in [6.45, 7) is 2.64. The highest BCUT2D eigenvalue weighted by molar-refractivity contribution is 7.89. The third-order valence-electron chi connectivity index (χ3n) is 4.33. The SMILES string of the molecule is Cn1cc2c(c1C(=O)Nc1ccc(F)c(F)c1)OC[C@H](C(C)(C)O)NS2(=O)=O. The lowest BCUT2D eigenvalue weighted by atomic mass is 10.0. The maximum atomic E-state index is 13.4. The zero-order valence-electron chi connectivity index (χ0n) is 15.3. The Morgan fingerprint density at radius 2 is 2.04 bits per heavy atom. The van der Waals surface area contributed by atoms with Crippen LogP contribution in [0.4, 0.5) is 14.5 Å². The molecule has 0 bridgehead atoms. The van der Waals surface area contributed by atoms with Gasteiger partial charge >= 0.3 is 0 Å². The van der Waals surface area contributed by atoms with Crippen LogP contribution in [-0.2, 0) is 17.1 Å². The van der Waals surface area contributed by atoms with E-state index in [2.05, 4.69) is 10.0 Å². The third kappa shape index (κ3) is 3.73. The molecule has 0 fully saturated rings. The molecule has 1 atom stereocenters. The van der Waals surface area contributed by atoms with Crippen molar-refractivity contribution in [2.75, 3.05) is 11.9 Å². The van der Waals surface area contributed by atoms with E-state index >= 15 is 0 Å². The van der Waals surface area contributed by atoms with Gasteiger partial charge in [-0.05, 0) is 26.0 Å². The number of rotatable bonds is 3. The van der Waals surface area contributed by atoms with E-state index in [0.717, 1.165) is 12.1 Å². The summed E-state index contributed by atoms with van der Waals surface area (Å²) >= 11 is 0. The minimum atomic E-state index is -4.08. The van der Waals surface area contributed by atoms with E-state index in [-0.39, 0.29) is 28.6 Å². The zero-order chi connectivity index (χ0) is 20.9. The van der Waals surface area contributed by atoms with Crippen molar-refractivity contribution in [3.8, 4) is 5.75 Å². The smallest absolute Gasteiger partial charge is 0.276 e. The summed E-state index contributed by atoms with van der Waals surface area (Å²) in [6.07, 6.45) is 1.20. The molecule has 2 aromatic rings. The number of anilines is 1. The van der Waals surface area contributed by atoms with Crippen LogP contribution in [0.15, 0.2) is 29.3 Å². The summed E-state index contributed by atoms with van der Waals surface area (Å²) in [5.41, 5.74) is -1.54. The van der Waals surface area contributed by atoms with E-state index in [0.29, 0.717) is 0 Å². The first-order valence-electron chi connectivity index (χ1n) is 8.23. The number of hydrogen-bond acceptors (Lipinski definition) is 5. The van der Waals surface area contributed by atoms with Crippen molar-refractivity contribution in [1.82, 2.24) is 9.29 Å². The number of sulfonamides is 1. The molecule has 0 spiro atoms. The molecule has 1 aromatic carbocycles. The van der Waals surface area contributed by atoms with Gasteiger partial charge in [0.25, 0.3) is 5.91 Å². The highest BCUT2D eigenvalue weighted by atomic mass is 32.2. The number of ether oxygens (including phenoxy) is 1. The first-order chi connectivity index (χ1) is 12.9. The minimum absolute atomic E-state index is 0.0113. The lowest BCUT2D eigenvalue weighted by Crippen LogP contribution is -2.51. The van der Waals surface area contributed by atoms with Gasteiger partial charge in [-0.1, -0.05) is 0 Å². The topological polar surface area (TPSA) is 110 Å². The van der Waals surface area contributed by atoms with Gasteiger partial charge in [0.2, 0.25) is 10.0 Å². The number of carbonyl (C=O) groups is 1. The molecule has 0 radical (unpaired) electrons. The minimum Gasteiger partial charge on any atom is -0.488 e. The van der Waals surface area contributed by atoms with Crippen LogP contribution >= 0.6 is 0 Å². The Labute approximate surface area is 160 Å². The molecule has 3 rings (SSSR count). The maximum absolute atomic E-state index is 13.4. The van der Waals surface area contributed by atoms with Gasteiger partial charge < -0.3 is 19.7 Å². The average Bonchev–Trinajstić information content (AvgIpc) is 2.84. The second kappa shape index (κ2) is 6.83. The van der Waals surface area contributed by atoms with E-state index in [9.17, 15) is 27.1 Å². The number of aromatic nitrogens is 1. The van der Waals surface area contributed by atoms with E-state index in [4.69, 9.17) is 4.74 Å². The summed E-state index contributed by atoms with van der Waals surface area (Å²) in [5, 5.41) is 12.5. The highest BCUT2D eigenvalue weighted by Gasteiger charge is 2.39. The van der Waals surface area contributed by atoms with Crippen LogP contribution in [0.2, 0.25) is 0 Å². The first-order valence-corrected chi connectivity index (χ1v) is 9.71. The Morgan fingerprint density at radius 1 is 1.36 bits per heavy atom. The van der Waals surface area contributed by atoms with Crippen LogP contribution in [0.1, 0.15) is 24.3 Å². The number of benzene rings is 1. The highest BCUT2D eigenvalue weighted by Crippen LogP contribution is 2.34. The molecule has 1 aromatic heterocycles. The third-order valence-corrected chi connectivity index (χ3v) is 5.79. The van der Waals surface area contributed by atoms with Crippen molar-refractivity contribution >= 4 is 21.6 Å². The van der Waals surface area contributed by atoms with Gasteiger partial charge in [0, 0.05) is 25.0 Å². The van der Waals surface area contributed by atoms with Crippen LogP contribution in [0, 0.1) is 11.6 Å². The number of hydrogen-bond donors (Lipinski definition) is 3. The normalized spacial score (nSPS) is 18.7. The van der Waals surface area contributed by atoms with Crippen molar-refractivity contribution in [3.63, 3.8) is 0 Å². The molecule has 1 amide bonds. The fourth-order valence-electron chi connectivity index (χ4n) is 2.73. The molecule has 2 heterocycles. The van der Waals surface area contributed by atoms with Gasteiger partial charge in [0.05, 0.1) is 11.6 Å². The van der Waals surface area contributed by atoms with Crippen LogP contribution in [0.3, 0.4) is 0 Å². The Balaban J connectivity index is 1.98. The molecule has 1 aliphatic heterocycles. The average molecular weight is 415 g/mol. The van der Waals surface area contributed by atoms with E-state index in [1.165, 1.54) is 37.7 Å². The molecule has 3 N–H and O–H groups in total. The van der Waals surface area contributed by atoms with E-state index < -0.39 is 39.2 Å². The number of nitrogens with one attached hydrogen (secondary N) is 2. The molecule has 1 aliphatic rings. The Morgan fingerprint density at radius 3 is 2.64 bits per heavy atom. The molecule has 152 valence electrons. The standard InChI is InChI=1S/C17H19F2N3O5S/c1-17(2,24)13-8-27-15-12(28(25,26)21-13)7-22(3)14(15)16(23)20-9-4-5-10(18)11(19)6-9/h4-7,13,21,24H,8H2,1-3H3,(H,20,23)/t13-/m1/s1. The molecular formula is C17H19F2N3O5S. The summed E-state index contributed by atoms with van der Waals surface area (Å²) in [7, 11) is -2.63. The molecule has 8 nitrogen and oxygen atoms in total. The Kier molecular flexibility index (Phi) is 4.94. The molecule has 0 aliphatic carbocycles. The molecule has 0 saturated heterocycles. The van der Waals surface area contributed by atoms with Crippen LogP contribution in [0.5, 0.6) is 5.75 Å². The lowest BCUT2D eigenvalue weighted by Gasteiger charge is -2.27.